The van der Waals surface area contributed by atoms with Crippen LogP contribution in [0.4, 0.5) is 8.78 Å². The highest BCUT2D eigenvalue weighted by molar-refractivity contribution is 6.42. The highest BCUT2D eigenvalue weighted by Gasteiger charge is 2.34. The van der Waals surface area contributed by atoms with Crippen LogP contribution in [0.25, 0.3) is 0 Å². The smallest absolute Gasteiger partial charge is 0.245 e. The third-order valence-electron chi connectivity index (χ3n) is 3.79. The van der Waals surface area contributed by atoms with Gasteiger partial charge in [-0.05, 0) is 37.9 Å². The summed E-state index contributed by atoms with van der Waals surface area (Å²) in [5, 5.41) is 3.78. The lowest BCUT2D eigenvalue weighted by molar-refractivity contribution is 0.0751. The van der Waals surface area contributed by atoms with Crippen molar-refractivity contribution < 1.29 is 13.5 Å². The highest BCUT2D eigenvalue weighted by Crippen LogP contribution is 2.43. The number of alkyl halides is 2. The van der Waals surface area contributed by atoms with Crippen molar-refractivity contribution in [3.8, 4) is 5.75 Å². The van der Waals surface area contributed by atoms with E-state index in [0.717, 1.165) is 25.9 Å². The Balaban J connectivity index is 2.40. The maximum absolute atomic E-state index is 13.6. The maximum Gasteiger partial charge on any atom is 0.245 e. The summed E-state index contributed by atoms with van der Waals surface area (Å²) in [6, 6.07) is 3.03. The van der Waals surface area contributed by atoms with E-state index in [-0.39, 0.29) is 10.9 Å². The summed E-state index contributed by atoms with van der Waals surface area (Å²) in [6.45, 7) is 1.52. The Morgan fingerprint density at radius 2 is 1.80 bits per heavy atom. The van der Waals surface area contributed by atoms with E-state index in [2.05, 4.69) is 5.32 Å². The van der Waals surface area contributed by atoms with Crippen molar-refractivity contribution in [2.45, 2.75) is 25.2 Å². The molecule has 0 aliphatic carbocycles. The van der Waals surface area contributed by atoms with E-state index in [4.69, 9.17) is 27.9 Å². The van der Waals surface area contributed by atoms with Crippen molar-refractivity contribution in [2.24, 2.45) is 5.92 Å². The van der Waals surface area contributed by atoms with Crippen LogP contribution < -0.4 is 10.1 Å². The van der Waals surface area contributed by atoms with Gasteiger partial charge in [0.2, 0.25) is 6.43 Å². The second kappa shape index (κ2) is 6.92. The largest absolute Gasteiger partial charge is 0.496 e. The van der Waals surface area contributed by atoms with E-state index in [1.54, 1.807) is 0 Å². The molecule has 1 aromatic carbocycles. The van der Waals surface area contributed by atoms with E-state index in [1.165, 1.54) is 19.2 Å². The molecular weight excluding hydrogens is 307 g/mol. The molecule has 2 nitrogen and oxygen atoms in total. The maximum atomic E-state index is 13.6. The monoisotopic (exact) mass is 323 g/mol. The minimum atomic E-state index is -2.45. The molecule has 0 radical (unpaired) electrons. The molecule has 0 saturated carbocycles. The second-order valence-corrected chi connectivity index (χ2v) is 5.77. The molecule has 1 atom stereocenters. The predicted molar refractivity (Wildman–Crippen MR) is 77.4 cm³/mol. The fourth-order valence-corrected chi connectivity index (χ4v) is 3.11. The first-order valence-corrected chi connectivity index (χ1v) is 7.32. The fraction of sp³-hybridized carbons (Fsp3) is 0.571. The van der Waals surface area contributed by atoms with Gasteiger partial charge in [-0.3, -0.25) is 0 Å². The standard InChI is InChI=1S/C14H17Cl2F2NO/c1-20-12-7-11(16)10(15)6-9(12)13(14(17)18)8-2-4-19-5-3-8/h6-8,13-14,19H,2-5H2,1H3. The Hall–Kier alpha value is -0.580. The molecule has 1 N–H and O–H groups in total. The van der Waals surface area contributed by atoms with Gasteiger partial charge in [0.05, 0.1) is 23.1 Å². The van der Waals surface area contributed by atoms with Crippen LogP contribution in [0.2, 0.25) is 10.0 Å². The first-order chi connectivity index (χ1) is 9.54. The summed E-state index contributed by atoms with van der Waals surface area (Å²) < 4.78 is 32.3. The van der Waals surface area contributed by atoms with Crippen LogP contribution in [0.15, 0.2) is 12.1 Å². The molecule has 1 unspecified atom stereocenters. The number of hydrogen-bond acceptors (Lipinski definition) is 2. The average Bonchev–Trinajstić information content (AvgIpc) is 2.43. The van der Waals surface area contributed by atoms with Crippen molar-refractivity contribution in [3.05, 3.63) is 27.7 Å². The van der Waals surface area contributed by atoms with Gasteiger partial charge >= 0.3 is 0 Å². The van der Waals surface area contributed by atoms with Crippen LogP contribution in [0.5, 0.6) is 5.75 Å². The van der Waals surface area contributed by atoms with Crippen LogP contribution in [-0.4, -0.2) is 26.6 Å². The van der Waals surface area contributed by atoms with Gasteiger partial charge in [0, 0.05) is 11.6 Å². The lowest BCUT2D eigenvalue weighted by Gasteiger charge is -2.31. The van der Waals surface area contributed by atoms with E-state index < -0.39 is 12.3 Å². The number of halogens is 4. The molecule has 1 heterocycles. The Bertz CT molecular complexity index is 465. The van der Waals surface area contributed by atoms with Gasteiger partial charge in [0.15, 0.2) is 0 Å². The summed E-state index contributed by atoms with van der Waals surface area (Å²) in [4.78, 5) is 0. The normalized spacial score (nSPS) is 18.3. The van der Waals surface area contributed by atoms with Crippen LogP contribution in [-0.2, 0) is 0 Å². The van der Waals surface area contributed by atoms with E-state index in [0.29, 0.717) is 16.3 Å². The van der Waals surface area contributed by atoms with Crippen molar-refractivity contribution in [2.75, 3.05) is 20.2 Å². The summed E-state index contributed by atoms with van der Waals surface area (Å²) >= 11 is 11.9. The lowest BCUT2D eigenvalue weighted by Crippen LogP contribution is -2.33. The molecule has 1 fully saturated rings. The third kappa shape index (κ3) is 3.35. The van der Waals surface area contributed by atoms with Crippen molar-refractivity contribution >= 4 is 23.2 Å². The molecule has 20 heavy (non-hydrogen) atoms. The number of hydrogen-bond donors (Lipinski definition) is 1. The lowest BCUT2D eigenvalue weighted by atomic mass is 9.80. The van der Waals surface area contributed by atoms with Crippen molar-refractivity contribution in [1.82, 2.24) is 5.32 Å². The Labute approximate surface area is 127 Å². The molecule has 0 bridgehead atoms. The first kappa shape index (κ1) is 15.8. The van der Waals surface area contributed by atoms with Gasteiger partial charge in [0.25, 0.3) is 0 Å². The number of benzene rings is 1. The number of methoxy groups -OCH3 is 1. The van der Waals surface area contributed by atoms with Crippen LogP contribution >= 0.6 is 23.2 Å². The Morgan fingerprint density at radius 1 is 1.20 bits per heavy atom. The van der Waals surface area contributed by atoms with Gasteiger partial charge in [-0.1, -0.05) is 23.2 Å². The zero-order chi connectivity index (χ0) is 14.7. The molecule has 2 rings (SSSR count). The molecule has 0 aromatic heterocycles. The van der Waals surface area contributed by atoms with E-state index in [1.807, 2.05) is 0 Å². The number of nitrogens with one attached hydrogen (secondary N) is 1. The predicted octanol–water partition coefficient (Wildman–Crippen LogP) is 4.35. The van der Waals surface area contributed by atoms with Gasteiger partial charge in [0.1, 0.15) is 5.75 Å². The minimum Gasteiger partial charge on any atom is -0.496 e. The summed E-state index contributed by atoms with van der Waals surface area (Å²) in [5.41, 5.74) is 0.448. The fourth-order valence-electron chi connectivity index (χ4n) is 2.78. The number of piperidine rings is 1. The quantitative estimate of drug-likeness (QED) is 0.889. The van der Waals surface area contributed by atoms with Gasteiger partial charge in [-0.15, -0.1) is 0 Å². The second-order valence-electron chi connectivity index (χ2n) is 4.96. The molecular formula is C14H17Cl2F2NO. The first-order valence-electron chi connectivity index (χ1n) is 6.56. The van der Waals surface area contributed by atoms with Crippen LogP contribution in [0.1, 0.15) is 24.3 Å². The molecule has 112 valence electrons. The van der Waals surface area contributed by atoms with Crippen molar-refractivity contribution in [1.29, 1.82) is 0 Å². The van der Waals surface area contributed by atoms with Gasteiger partial charge < -0.3 is 10.1 Å². The van der Waals surface area contributed by atoms with Gasteiger partial charge in [-0.25, -0.2) is 8.78 Å². The average molecular weight is 324 g/mol. The highest BCUT2D eigenvalue weighted by atomic mass is 35.5. The molecule has 6 heteroatoms. The zero-order valence-corrected chi connectivity index (χ0v) is 12.6. The van der Waals surface area contributed by atoms with E-state index >= 15 is 0 Å². The number of ether oxygens (including phenoxy) is 1. The Kier molecular flexibility index (Phi) is 5.47. The molecule has 1 saturated heterocycles. The van der Waals surface area contributed by atoms with Crippen molar-refractivity contribution in [3.63, 3.8) is 0 Å². The van der Waals surface area contributed by atoms with Crippen LogP contribution in [0, 0.1) is 5.92 Å². The molecule has 1 aromatic rings. The minimum absolute atomic E-state index is 0.0811. The zero-order valence-electron chi connectivity index (χ0n) is 11.1. The molecule has 0 spiro atoms. The van der Waals surface area contributed by atoms with Gasteiger partial charge in [-0.2, -0.15) is 0 Å². The summed E-state index contributed by atoms with van der Waals surface area (Å²) in [5.74, 6) is -0.576. The topological polar surface area (TPSA) is 21.3 Å². The third-order valence-corrected chi connectivity index (χ3v) is 4.52. The summed E-state index contributed by atoms with van der Waals surface area (Å²) in [7, 11) is 1.45. The van der Waals surface area contributed by atoms with E-state index in [9.17, 15) is 8.78 Å². The molecule has 0 amide bonds. The molecule has 1 aliphatic rings. The number of rotatable bonds is 4. The molecule has 1 aliphatic heterocycles. The SMILES string of the molecule is COc1cc(Cl)c(Cl)cc1C(C(F)F)C1CCNCC1. The summed E-state index contributed by atoms with van der Waals surface area (Å²) in [6.07, 6.45) is -1.01. The Morgan fingerprint density at radius 3 is 2.35 bits per heavy atom. The van der Waals surface area contributed by atoms with Crippen LogP contribution in [0.3, 0.4) is 0 Å².